The van der Waals surface area contributed by atoms with Crippen LogP contribution in [-0.2, 0) is 9.59 Å². The summed E-state index contributed by atoms with van der Waals surface area (Å²) < 4.78 is 0. The topological polar surface area (TPSA) is 90.7 Å². The van der Waals surface area contributed by atoms with Crippen molar-refractivity contribution in [3.63, 3.8) is 0 Å². The van der Waals surface area contributed by atoms with Gasteiger partial charge in [-0.05, 0) is 38.4 Å². The lowest BCUT2D eigenvalue weighted by Gasteiger charge is -2.45. The van der Waals surface area contributed by atoms with Crippen molar-refractivity contribution in [2.75, 3.05) is 37.3 Å². The molecule has 134 valence electrons. The van der Waals surface area contributed by atoms with Crippen LogP contribution in [0.2, 0.25) is 0 Å². The molecule has 0 aliphatic carbocycles. The fraction of sp³-hybridized carbons (Fsp3) is 0.556. The Labute approximate surface area is 147 Å². The summed E-state index contributed by atoms with van der Waals surface area (Å²) in [6, 6.07) is 7.67. The molecular formula is C18H25N5O2. The van der Waals surface area contributed by atoms with E-state index < -0.39 is 5.54 Å². The molecule has 4 rings (SSSR count). The normalized spacial score (nSPS) is 28.4. The summed E-state index contributed by atoms with van der Waals surface area (Å²) in [5.41, 5.74) is 7.13. The minimum Gasteiger partial charge on any atom is -0.369 e. The number of likely N-dealkylation sites (N-methyl/N-ethyl adjacent to an activating group) is 1. The maximum atomic E-state index is 12.8. The second-order valence-electron chi connectivity index (χ2n) is 7.48. The van der Waals surface area contributed by atoms with Gasteiger partial charge < -0.3 is 21.3 Å². The minimum absolute atomic E-state index is 0.00157. The van der Waals surface area contributed by atoms with Gasteiger partial charge in [-0.25, -0.2) is 0 Å². The number of para-hydroxylation sites is 2. The zero-order valence-corrected chi connectivity index (χ0v) is 14.5. The van der Waals surface area contributed by atoms with Crippen molar-refractivity contribution in [1.29, 1.82) is 0 Å². The number of nitrogens with one attached hydrogen (secondary N) is 2. The number of carbonyl (C=O) groups is 2. The Hall–Kier alpha value is -2.12. The molecule has 2 unspecified atom stereocenters. The summed E-state index contributed by atoms with van der Waals surface area (Å²) in [7, 11) is 1.95. The van der Waals surface area contributed by atoms with E-state index in [-0.39, 0.29) is 23.9 Å². The molecule has 2 fully saturated rings. The molecule has 3 aliphatic heterocycles. The van der Waals surface area contributed by atoms with E-state index in [4.69, 9.17) is 5.73 Å². The van der Waals surface area contributed by atoms with Crippen LogP contribution in [-0.4, -0.2) is 65.9 Å². The van der Waals surface area contributed by atoms with Crippen molar-refractivity contribution in [3.05, 3.63) is 24.3 Å². The molecular weight excluding hydrogens is 318 g/mol. The Morgan fingerprint density at radius 2 is 1.92 bits per heavy atom. The summed E-state index contributed by atoms with van der Waals surface area (Å²) >= 11 is 0. The Kier molecular flexibility index (Phi) is 3.92. The second kappa shape index (κ2) is 6.00. The van der Waals surface area contributed by atoms with Crippen LogP contribution in [0.3, 0.4) is 0 Å². The third-order valence-electron chi connectivity index (χ3n) is 5.78. The van der Waals surface area contributed by atoms with Crippen molar-refractivity contribution in [1.82, 2.24) is 9.80 Å². The number of fused-ring (bicyclic) bond motifs is 1. The van der Waals surface area contributed by atoms with E-state index >= 15 is 0 Å². The lowest BCUT2D eigenvalue weighted by atomic mass is 9.84. The predicted molar refractivity (Wildman–Crippen MR) is 96.2 cm³/mol. The first-order valence-corrected chi connectivity index (χ1v) is 8.92. The highest BCUT2D eigenvalue weighted by molar-refractivity contribution is 6.06. The Morgan fingerprint density at radius 3 is 2.56 bits per heavy atom. The first-order valence-electron chi connectivity index (χ1n) is 8.92. The number of anilines is 2. The van der Waals surface area contributed by atoms with Gasteiger partial charge in [-0.15, -0.1) is 0 Å². The molecule has 7 nitrogen and oxygen atoms in total. The van der Waals surface area contributed by atoms with Gasteiger partial charge >= 0.3 is 0 Å². The average Bonchev–Trinajstić information content (AvgIpc) is 2.94. The van der Waals surface area contributed by atoms with E-state index in [1.54, 1.807) is 0 Å². The number of amides is 2. The molecule has 3 aliphatic rings. The summed E-state index contributed by atoms with van der Waals surface area (Å²) in [4.78, 5) is 29.4. The zero-order valence-electron chi connectivity index (χ0n) is 14.5. The summed E-state index contributed by atoms with van der Waals surface area (Å²) in [5.74, 6) is 0.139. The van der Waals surface area contributed by atoms with Crippen LogP contribution in [0, 0.1) is 0 Å². The van der Waals surface area contributed by atoms with E-state index in [1.165, 1.54) is 0 Å². The molecule has 7 heteroatoms. The molecule has 3 heterocycles. The molecule has 0 radical (unpaired) electrons. The highest BCUT2D eigenvalue weighted by Crippen LogP contribution is 2.36. The van der Waals surface area contributed by atoms with Crippen molar-refractivity contribution in [3.8, 4) is 0 Å². The number of nitrogens with zero attached hydrogens (tertiary/aromatic N) is 2. The Bertz CT molecular complexity index is 698. The number of nitrogens with two attached hydrogens (primary N) is 1. The van der Waals surface area contributed by atoms with Gasteiger partial charge in [0.15, 0.2) is 0 Å². The number of rotatable bonds is 1. The Morgan fingerprint density at radius 1 is 1.24 bits per heavy atom. The van der Waals surface area contributed by atoms with Crippen LogP contribution in [0.1, 0.15) is 19.3 Å². The van der Waals surface area contributed by atoms with E-state index in [1.807, 2.05) is 41.1 Å². The smallest absolute Gasteiger partial charge is 0.250 e. The monoisotopic (exact) mass is 343 g/mol. The third-order valence-corrected chi connectivity index (χ3v) is 5.78. The van der Waals surface area contributed by atoms with Gasteiger partial charge in [0.1, 0.15) is 5.54 Å². The second-order valence-corrected chi connectivity index (χ2v) is 7.48. The standard InChI is InChI=1S/C18H25N5O2/c1-22-11-12(19)10-15(22)16(24)23-8-6-18(7-9-23)17(25)20-13-4-2-3-5-14(13)21-18/h2-5,12,15,21H,6-11,19H2,1H3,(H,20,25). The molecule has 4 N–H and O–H groups in total. The molecule has 1 aromatic rings. The fourth-order valence-corrected chi connectivity index (χ4v) is 4.26. The van der Waals surface area contributed by atoms with E-state index in [9.17, 15) is 9.59 Å². The van der Waals surface area contributed by atoms with Crippen LogP contribution in [0.25, 0.3) is 0 Å². The van der Waals surface area contributed by atoms with Crippen molar-refractivity contribution in [2.24, 2.45) is 5.73 Å². The van der Waals surface area contributed by atoms with E-state index in [0.717, 1.165) is 17.9 Å². The van der Waals surface area contributed by atoms with Crippen LogP contribution >= 0.6 is 0 Å². The molecule has 2 saturated heterocycles. The number of piperidine rings is 1. The Balaban J connectivity index is 1.45. The van der Waals surface area contributed by atoms with Crippen LogP contribution < -0.4 is 16.4 Å². The van der Waals surface area contributed by atoms with Gasteiger partial charge in [-0.1, -0.05) is 12.1 Å². The predicted octanol–water partition coefficient (Wildman–Crippen LogP) is 0.443. The van der Waals surface area contributed by atoms with E-state index in [0.29, 0.717) is 32.4 Å². The molecule has 2 amide bonds. The van der Waals surface area contributed by atoms with Crippen molar-refractivity contribution >= 4 is 23.2 Å². The average molecular weight is 343 g/mol. The molecule has 0 saturated carbocycles. The molecule has 0 bridgehead atoms. The van der Waals surface area contributed by atoms with Crippen LogP contribution in [0.5, 0.6) is 0 Å². The van der Waals surface area contributed by atoms with Crippen molar-refractivity contribution in [2.45, 2.75) is 36.9 Å². The summed E-state index contributed by atoms with van der Waals surface area (Å²) in [6.45, 7) is 1.93. The number of likely N-dealkylation sites (tertiary alicyclic amines) is 2. The van der Waals surface area contributed by atoms with Crippen LogP contribution in [0.4, 0.5) is 11.4 Å². The fourth-order valence-electron chi connectivity index (χ4n) is 4.26. The highest BCUT2D eigenvalue weighted by Gasteiger charge is 2.46. The molecule has 2 atom stereocenters. The first-order chi connectivity index (χ1) is 12.0. The van der Waals surface area contributed by atoms with Crippen molar-refractivity contribution < 1.29 is 9.59 Å². The van der Waals surface area contributed by atoms with Gasteiger partial charge in [-0.2, -0.15) is 0 Å². The summed E-state index contributed by atoms with van der Waals surface area (Å²) in [5, 5.41) is 6.43. The van der Waals surface area contributed by atoms with Gasteiger partial charge in [0, 0.05) is 25.7 Å². The number of hydrogen-bond donors (Lipinski definition) is 3. The molecule has 1 aromatic carbocycles. The molecule has 25 heavy (non-hydrogen) atoms. The quantitative estimate of drug-likeness (QED) is 0.688. The largest absolute Gasteiger partial charge is 0.369 e. The minimum atomic E-state index is -0.622. The van der Waals surface area contributed by atoms with Gasteiger partial charge in [0.05, 0.1) is 17.4 Å². The molecule has 0 aromatic heterocycles. The lowest BCUT2D eigenvalue weighted by molar-refractivity contribution is -0.138. The SMILES string of the molecule is CN1CC(N)CC1C(=O)N1CCC2(CC1)Nc1ccccc1NC2=O. The maximum absolute atomic E-state index is 12.8. The summed E-state index contributed by atoms with van der Waals surface area (Å²) in [6.07, 6.45) is 1.94. The number of hydrogen-bond acceptors (Lipinski definition) is 5. The third kappa shape index (κ3) is 2.77. The first kappa shape index (κ1) is 16.4. The molecule has 1 spiro atoms. The van der Waals surface area contributed by atoms with E-state index in [2.05, 4.69) is 10.6 Å². The van der Waals surface area contributed by atoms with Crippen LogP contribution in [0.15, 0.2) is 24.3 Å². The van der Waals surface area contributed by atoms with Gasteiger partial charge in [-0.3, -0.25) is 14.5 Å². The van der Waals surface area contributed by atoms with Gasteiger partial charge in [0.2, 0.25) is 11.8 Å². The maximum Gasteiger partial charge on any atom is 0.250 e. The highest BCUT2D eigenvalue weighted by atomic mass is 16.2. The lowest BCUT2D eigenvalue weighted by Crippen LogP contribution is -2.60. The number of carbonyl (C=O) groups excluding carboxylic acids is 2. The zero-order chi connectivity index (χ0) is 17.6. The number of benzene rings is 1. The van der Waals surface area contributed by atoms with Gasteiger partial charge in [0.25, 0.3) is 0 Å².